The lowest BCUT2D eigenvalue weighted by atomic mass is 9.71. The molecule has 4 aliphatic rings. The van der Waals surface area contributed by atoms with Crippen molar-refractivity contribution in [3.8, 4) is 11.4 Å². The number of ketones is 1. The molecule has 1 saturated heterocycles. The minimum Gasteiger partial charge on any atom is -0.330 e. The summed E-state index contributed by atoms with van der Waals surface area (Å²) in [7, 11) is 4.33. The van der Waals surface area contributed by atoms with E-state index in [1.807, 2.05) is 23.5 Å². The van der Waals surface area contributed by atoms with Gasteiger partial charge in [-0.05, 0) is 74.7 Å². The molecule has 3 aliphatic carbocycles. The van der Waals surface area contributed by atoms with Crippen LogP contribution in [0.15, 0.2) is 48.1 Å². The molecule has 3 heterocycles. The van der Waals surface area contributed by atoms with E-state index in [2.05, 4.69) is 57.9 Å². The Morgan fingerprint density at radius 1 is 1.03 bits per heavy atom. The van der Waals surface area contributed by atoms with Gasteiger partial charge in [-0.2, -0.15) is 0 Å². The van der Waals surface area contributed by atoms with Crippen LogP contribution in [0.25, 0.3) is 11.4 Å². The Bertz CT molecular complexity index is 1380. The fourth-order valence-corrected chi connectivity index (χ4v) is 8.02. The van der Waals surface area contributed by atoms with Crippen molar-refractivity contribution in [1.29, 1.82) is 0 Å². The highest BCUT2D eigenvalue weighted by molar-refractivity contribution is 7.10. The van der Waals surface area contributed by atoms with Crippen LogP contribution < -0.4 is 10.2 Å². The third-order valence-corrected chi connectivity index (χ3v) is 10.4. The SMILES string of the molecule is CN(C)C1(c2cccs2)CCC2(CC1)CN(c1cnc(-c3cccc4c3CC(=O)C3CC43)nc1)C(=O)N2. The number of Topliss-reactive ketones (excluding diaryl/α,β-unsaturated/α-hetero) is 1. The second kappa shape index (κ2) is 8.20. The molecule has 2 saturated carbocycles. The van der Waals surface area contributed by atoms with Crippen LogP contribution >= 0.6 is 11.3 Å². The molecule has 2 atom stereocenters. The second-order valence-corrected chi connectivity index (χ2v) is 12.4. The summed E-state index contributed by atoms with van der Waals surface area (Å²) < 4.78 is 0. The van der Waals surface area contributed by atoms with Gasteiger partial charge in [-0.1, -0.05) is 24.3 Å². The van der Waals surface area contributed by atoms with Gasteiger partial charge in [0.15, 0.2) is 5.82 Å². The number of amides is 2. The number of carbonyl (C=O) groups is 2. The molecule has 8 heteroatoms. The Morgan fingerprint density at radius 2 is 1.81 bits per heavy atom. The van der Waals surface area contributed by atoms with Gasteiger partial charge < -0.3 is 5.32 Å². The summed E-state index contributed by atoms with van der Waals surface area (Å²) in [6, 6.07) is 10.5. The molecular weight excluding hydrogens is 482 g/mol. The number of fused-ring (bicyclic) bond motifs is 3. The Kier molecular flexibility index (Phi) is 5.11. The van der Waals surface area contributed by atoms with Gasteiger partial charge in [-0.3, -0.25) is 14.6 Å². The van der Waals surface area contributed by atoms with Crippen molar-refractivity contribution in [1.82, 2.24) is 20.2 Å². The van der Waals surface area contributed by atoms with E-state index in [0.29, 0.717) is 36.2 Å². The van der Waals surface area contributed by atoms with Crippen molar-refractivity contribution in [2.45, 2.75) is 55.5 Å². The van der Waals surface area contributed by atoms with Crippen LogP contribution in [0.3, 0.4) is 0 Å². The first-order valence-electron chi connectivity index (χ1n) is 13.2. The normalized spacial score (nSPS) is 30.4. The number of anilines is 1. The molecule has 7 rings (SSSR count). The highest BCUT2D eigenvalue weighted by atomic mass is 32.1. The summed E-state index contributed by atoms with van der Waals surface area (Å²) in [6.07, 6.45) is 8.81. The molecule has 37 heavy (non-hydrogen) atoms. The molecule has 1 spiro atoms. The van der Waals surface area contributed by atoms with E-state index < -0.39 is 0 Å². The smallest absolute Gasteiger partial charge is 0.322 e. The summed E-state index contributed by atoms with van der Waals surface area (Å²) in [5.41, 5.74) is 3.80. The highest BCUT2D eigenvalue weighted by Crippen LogP contribution is 2.54. The minimum atomic E-state index is -0.230. The summed E-state index contributed by atoms with van der Waals surface area (Å²) in [5, 5.41) is 5.47. The van der Waals surface area contributed by atoms with Crippen molar-refractivity contribution in [2.75, 3.05) is 25.5 Å². The summed E-state index contributed by atoms with van der Waals surface area (Å²) in [4.78, 5) is 40.4. The van der Waals surface area contributed by atoms with Crippen LogP contribution in [0.5, 0.6) is 0 Å². The average molecular weight is 514 g/mol. The zero-order valence-electron chi connectivity index (χ0n) is 21.2. The van der Waals surface area contributed by atoms with Crippen molar-refractivity contribution in [3.05, 3.63) is 64.1 Å². The second-order valence-electron chi connectivity index (χ2n) is 11.4. The molecule has 3 aromatic rings. The Labute approximate surface area is 220 Å². The number of nitrogens with one attached hydrogen (secondary N) is 1. The molecule has 1 aromatic carbocycles. The van der Waals surface area contributed by atoms with E-state index in [4.69, 9.17) is 0 Å². The molecule has 2 amide bonds. The summed E-state index contributed by atoms with van der Waals surface area (Å²) >= 11 is 1.82. The zero-order chi connectivity index (χ0) is 25.4. The van der Waals surface area contributed by atoms with Gasteiger partial charge in [-0.15, -0.1) is 11.3 Å². The first-order valence-corrected chi connectivity index (χ1v) is 14.1. The van der Waals surface area contributed by atoms with E-state index in [0.717, 1.165) is 43.2 Å². The lowest BCUT2D eigenvalue weighted by Crippen LogP contribution is -2.53. The number of benzene rings is 1. The number of hydrogen-bond acceptors (Lipinski definition) is 6. The van der Waals surface area contributed by atoms with Crippen LogP contribution in [-0.4, -0.2) is 52.9 Å². The van der Waals surface area contributed by atoms with Gasteiger partial charge in [0.2, 0.25) is 0 Å². The van der Waals surface area contributed by atoms with Crippen LogP contribution in [0.1, 0.15) is 54.0 Å². The average Bonchev–Trinajstić information content (AvgIpc) is 3.40. The molecule has 7 nitrogen and oxygen atoms in total. The van der Waals surface area contributed by atoms with Gasteiger partial charge in [0, 0.05) is 22.8 Å². The Balaban J connectivity index is 1.10. The van der Waals surface area contributed by atoms with E-state index in [-0.39, 0.29) is 23.0 Å². The third kappa shape index (κ3) is 3.56. The lowest BCUT2D eigenvalue weighted by Gasteiger charge is -2.47. The third-order valence-electron chi connectivity index (χ3n) is 9.31. The van der Waals surface area contributed by atoms with Crippen molar-refractivity contribution >= 4 is 28.8 Å². The molecule has 3 fully saturated rings. The Morgan fingerprint density at radius 3 is 2.51 bits per heavy atom. The van der Waals surface area contributed by atoms with E-state index >= 15 is 0 Å². The van der Waals surface area contributed by atoms with E-state index in [1.165, 1.54) is 10.4 Å². The molecule has 2 unspecified atom stereocenters. The maximum atomic E-state index is 13.1. The number of aromatic nitrogens is 2. The lowest BCUT2D eigenvalue weighted by molar-refractivity contribution is -0.120. The summed E-state index contributed by atoms with van der Waals surface area (Å²) in [6.45, 7) is 0.626. The number of hydrogen-bond donors (Lipinski definition) is 1. The molecular formula is C29H31N5O2S. The number of urea groups is 1. The van der Waals surface area contributed by atoms with Gasteiger partial charge in [0.1, 0.15) is 5.78 Å². The fourth-order valence-electron chi connectivity index (χ4n) is 6.96. The van der Waals surface area contributed by atoms with Crippen LogP contribution in [0.4, 0.5) is 10.5 Å². The van der Waals surface area contributed by atoms with E-state index in [1.54, 1.807) is 17.3 Å². The number of carbonyl (C=O) groups excluding carboxylic acids is 2. The summed E-state index contributed by atoms with van der Waals surface area (Å²) in [5.74, 6) is 1.55. The van der Waals surface area contributed by atoms with Gasteiger partial charge >= 0.3 is 6.03 Å². The quantitative estimate of drug-likeness (QED) is 0.546. The standard InChI is InChI=1S/C29H31N5O2S/c1-33(2)29(25-7-4-12-37-25)10-8-28(9-11-29)17-34(27(36)32-28)18-15-30-26(31-16-18)20-6-3-5-19-21-13-23(21)24(35)14-22(19)20/h3-7,12,15-16,21,23H,8-11,13-14,17H2,1-2H3,(H,32,36). The van der Waals surface area contributed by atoms with E-state index in [9.17, 15) is 9.59 Å². The highest BCUT2D eigenvalue weighted by Gasteiger charge is 2.51. The van der Waals surface area contributed by atoms with Crippen LogP contribution in [0, 0.1) is 5.92 Å². The minimum absolute atomic E-state index is 0.0268. The molecule has 1 N–H and O–H groups in total. The fraction of sp³-hybridized carbons (Fsp3) is 0.448. The van der Waals surface area contributed by atoms with Crippen molar-refractivity contribution < 1.29 is 9.59 Å². The van der Waals surface area contributed by atoms with Gasteiger partial charge in [0.25, 0.3) is 0 Å². The molecule has 0 radical (unpaired) electrons. The number of nitrogens with zero attached hydrogens (tertiary/aromatic N) is 4. The van der Waals surface area contributed by atoms with Crippen molar-refractivity contribution in [3.63, 3.8) is 0 Å². The first kappa shape index (κ1) is 23.0. The van der Waals surface area contributed by atoms with Gasteiger partial charge in [0.05, 0.1) is 35.7 Å². The number of rotatable bonds is 4. The van der Waals surface area contributed by atoms with Crippen molar-refractivity contribution in [2.24, 2.45) is 5.92 Å². The number of thiophene rings is 1. The largest absolute Gasteiger partial charge is 0.330 e. The van der Waals surface area contributed by atoms with Crippen LogP contribution in [-0.2, 0) is 16.8 Å². The predicted octanol–water partition coefficient (Wildman–Crippen LogP) is 4.73. The Hall–Kier alpha value is -3.10. The predicted molar refractivity (Wildman–Crippen MR) is 144 cm³/mol. The molecule has 0 bridgehead atoms. The zero-order valence-corrected chi connectivity index (χ0v) is 22.1. The monoisotopic (exact) mass is 513 g/mol. The first-order chi connectivity index (χ1) is 17.9. The maximum absolute atomic E-state index is 13.1. The van der Waals surface area contributed by atoms with Gasteiger partial charge in [-0.25, -0.2) is 14.8 Å². The maximum Gasteiger partial charge on any atom is 0.322 e. The van der Waals surface area contributed by atoms with Crippen LogP contribution in [0.2, 0.25) is 0 Å². The molecule has 2 aromatic heterocycles. The topological polar surface area (TPSA) is 78.4 Å². The molecule has 190 valence electrons. The molecule has 1 aliphatic heterocycles.